The first kappa shape index (κ1) is 20.0. The third-order valence-corrected chi connectivity index (χ3v) is 5.98. The van der Waals surface area contributed by atoms with Crippen LogP contribution in [0.3, 0.4) is 0 Å². The molecule has 132 valence electrons. The smallest absolute Gasteiger partial charge is 0.0237 e. The molecule has 1 heterocycles. The molecule has 1 nitrogen and oxygen atoms in total. The second kappa shape index (κ2) is 11.5. The zero-order valence-electron chi connectivity index (χ0n) is 16.1. The average Bonchev–Trinajstić information content (AvgIpc) is 2.55. The van der Waals surface area contributed by atoms with Crippen molar-refractivity contribution >= 4 is 0 Å². The lowest BCUT2D eigenvalue weighted by atomic mass is 9.68. The molecule has 0 N–H and O–H groups in total. The van der Waals surface area contributed by atoms with Gasteiger partial charge in [0.05, 0.1) is 0 Å². The van der Waals surface area contributed by atoms with Gasteiger partial charge < -0.3 is 0 Å². The number of hydrogen-bond acceptors (Lipinski definition) is 1. The van der Waals surface area contributed by atoms with Crippen LogP contribution in [0.25, 0.3) is 0 Å². The van der Waals surface area contributed by atoms with E-state index in [1.54, 1.807) is 0 Å². The van der Waals surface area contributed by atoms with Gasteiger partial charge in [0.2, 0.25) is 0 Å². The van der Waals surface area contributed by atoms with E-state index < -0.39 is 0 Å². The van der Waals surface area contributed by atoms with Crippen LogP contribution in [0.1, 0.15) is 111 Å². The van der Waals surface area contributed by atoms with Crippen molar-refractivity contribution in [2.24, 2.45) is 5.92 Å². The molecule has 0 aromatic heterocycles. The Balaban J connectivity index is 2.92. The van der Waals surface area contributed by atoms with Crippen LogP contribution in [0.2, 0.25) is 0 Å². The predicted octanol–water partition coefficient (Wildman–Crippen LogP) is 6.81. The third-order valence-electron chi connectivity index (χ3n) is 5.98. The van der Waals surface area contributed by atoms with Gasteiger partial charge in [0.25, 0.3) is 0 Å². The average molecular weight is 310 g/mol. The Morgan fingerprint density at radius 1 is 0.818 bits per heavy atom. The summed E-state index contributed by atoms with van der Waals surface area (Å²) in [4.78, 5) is 2.96. The Morgan fingerprint density at radius 2 is 1.41 bits per heavy atom. The maximum Gasteiger partial charge on any atom is 0.0237 e. The first-order chi connectivity index (χ1) is 10.7. The molecule has 1 heteroatoms. The zero-order valence-corrected chi connectivity index (χ0v) is 16.1. The van der Waals surface area contributed by atoms with Crippen LogP contribution in [-0.2, 0) is 0 Å². The molecular weight excluding hydrogens is 266 g/mol. The van der Waals surface area contributed by atoms with Gasteiger partial charge in [0, 0.05) is 5.54 Å². The minimum Gasteiger partial charge on any atom is -0.297 e. The molecule has 1 atom stereocenters. The number of hydrogen-bond donors (Lipinski definition) is 0. The molecule has 1 unspecified atom stereocenters. The van der Waals surface area contributed by atoms with Crippen molar-refractivity contribution in [3.05, 3.63) is 0 Å². The Hall–Kier alpha value is -0.0400. The molecule has 1 aliphatic rings. The van der Waals surface area contributed by atoms with E-state index in [2.05, 4.69) is 32.6 Å². The van der Waals surface area contributed by atoms with Crippen molar-refractivity contribution in [1.82, 2.24) is 4.90 Å². The highest BCUT2D eigenvalue weighted by atomic mass is 15.2. The standard InChI is InChI=1S/C21H43N/c1-5-9-14-20-15-13-19-22(18-12-8-4)21(20,16-10-6-2)17-11-7-3/h20H,5-19H2,1-4H3. The third kappa shape index (κ3) is 5.55. The Morgan fingerprint density at radius 3 is 1.95 bits per heavy atom. The molecule has 0 saturated carbocycles. The molecule has 1 saturated heterocycles. The lowest BCUT2D eigenvalue weighted by Gasteiger charge is -2.53. The van der Waals surface area contributed by atoms with Gasteiger partial charge in [-0.3, -0.25) is 4.90 Å². The van der Waals surface area contributed by atoms with Crippen molar-refractivity contribution in [3.63, 3.8) is 0 Å². The van der Waals surface area contributed by atoms with E-state index in [0.717, 1.165) is 5.92 Å². The number of unbranched alkanes of at least 4 members (excludes halogenated alkanes) is 4. The molecule has 22 heavy (non-hydrogen) atoms. The predicted molar refractivity (Wildman–Crippen MR) is 101 cm³/mol. The van der Waals surface area contributed by atoms with E-state index >= 15 is 0 Å². The summed E-state index contributed by atoms with van der Waals surface area (Å²) in [6, 6.07) is 0. The summed E-state index contributed by atoms with van der Waals surface area (Å²) < 4.78 is 0. The molecule has 0 aromatic carbocycles. The fourth-order valence-corrected chi connectivity index (χ4v) is 4.64. The molecular formula is C21H43N. The van der Waals surface area contributed by atoms with Crippen molar-refractivity contribution in [2.45, 2.75) is 117 Å². The maximum atomic E-state index is 2.96. The Kier molecular flexibility index (Phi) is 10.4. The largest absolute Gasteiger partial charge is 0.297 e. The van der Waals surface area contributed by atoms with Gasteiger partial charge in [0.15, 0.2) is 0 Å². The lowest BCUT2D eigenvalue weighted by Crippen LogP contribution is -2.57. The van der Waals surface area contributed by atoms with Gasteiger partial charge in [-0.2, -0.15) is 0 Å². The minimum atomic E-state index is 0.550. The van der Waals surface area contributed by atoms with Crippen LogP contribution in [-0.4, -0.2) is 23.5 Å². The van der Waals surface area contributed by atoms with E-state index in [4.69, 9.17) is 0 Å². The van der Waals surface area contributed by atoms with E-state index in [9.17, 15) is 0 Å². The van der Waals surface area contributed by atoms with Crippen molar-refractivity contribution in [3.8, 4) is 0 Å². The van der Waals surface area contributed by atoms with Gasteiger partial charge in [-0.15, -0.1) is 0 Å². The number of rotatable bonds is 12. The summed E-state index contributed by atoms with van der Waals surface area (Å²) in [5.41, 5.74) is 0.550. The zero-order chi connectivity index (χ0) is 16.3. The Bertz CT molecular complexity index is 235. The van der Waals surface area contributed by atoms with E-state index in [1.807, 2.05) is 0 Å². The Labute approximate surface area is 141 Å². The van der Waals surface area contributed by atoms with E-state index in [-0.39, 0.29) is 0 Å². The summed E-state index contributed by atoms with van der Waals surface area (Å²) in [7, 11) is 0. The summed E-state index contributed by atoms with van der Waals surface area (Å²) in [6.45, 7) is 12.2. The van der Waals surface area contributed by atoms with Crippen LogP contribution >= 0.6 is 0 Å². The van der Waals surface area contributed by atoms with Crippen LogP contribution in [0.5, 0.6) is 0 Å². The van der Waals surface area contributed by atoms with E-state index in [0.29, 0.717) is 5.54 Å². The van der Waals surface area contributed by atoms with Gasteiger partial charge in [-0.05, 0) is 57.5 Å². The van der Waals surface area contributed by atoms with Crippen LogP contribution in [0, 0.1) is 5.92 Å². The van der Waals surface area contributed by atoms with Gasteiger partial charge in [0.1, 0.15) is 0 Å². The monoisotopic (exact) mass is 309 g/mol. The lowest BCUT2D eigenvalue weighted by molar-refractivity contribution is -0.0279. The molecule has 0 spiro atoms. The SMILES string of the molecule is CCCCC1CCCN(CCCC)C1(CCCC)CCCC. The highest BCUT2D eigenvalue weighted by molar-refractivity contribution is 4.99. The highest BCUT2D eigenvalue weighted by Crippen LogP contribution is 2.44. The van der Waals surface area contributed by atoms with Gasteiger partial charge in [-0.25, -0.2) is 0 Å². The van der Waals surface area contributed by atoms with Gasteiger partial charge >= 0.3 is 0 Å². The summed E-state index contributed by atoms with van der Waals surface area (Å²) in [6.07, 6.45) is 18.4. The van der Waals surface area contributed by atoms with Crippen LogP contribution in [0.4, 0.5) is 0 Å². The van der Waals surface area contributed by atoms with E-state index in [1.165, 1.54) is 96.6 Å². The van der Waals surface area contributed by atoms with Crippen molar-refractivity contribution < 1.29 is 0 Å². The molecule has 1 rings (SSSR count). The second-order valence-corrected chi connectivity index (χ2v) is 7.63. The van der Waals surface area contributed by atoms with Crippen LogP contribution in [0.15, 0.2) is 0 Å². The maximum absolute atomic E-state index is 2.96. The van der Waals surface area contributed by atoms with Crippen molar-refractivity contribution in [2.75, 3.05) is 13.1 Å². The number of nitrogens with zero attached hydrogens (tertiary/aromatic N) is 1. The number of piperidine rings is 1. The molecule has 0 radical (unpaired) electrons. The molecule has 1 aliphatic heterocycles. The highest BCUT2D eigenvalue weighted by Gasteiger charge is 2.43. The normalized spacial score (nSPS) is 22.1. The summed E-state index contributed by atoms with van der Waals surface area (Å²) >= 11 is 0. The number of likely N-dealkylation sites (tertiary alicyclic amines) is 1. The first-order valence-corrected chi connectivity index (χ1v) is 10.5. The molecule has 0 bridgehead atoms. The van der Waals surface area contributed by atoms with Crippen molar-refractivity contribution in [1.29, 1.82) is 0 Å². The fraction of sp³-hybridized carbons (Fsp3) is 1.00. The molecule has 1 fully saturated rings. The molecule has 0 aromatic rings. The minimum absolute atomic E-state index is 0.550. The molecule has 0 amide bonds. The van der Waals surface area contributed by atoms with Crippen LogP contribution < -0.4 is 0 Å². The first-order valence-electron chi connectivity index (χ1n) is 10.5. The summed E-state index contributed by atoms with van der Waals surface area (Å²) in [5, 5.41) is 0. The fourth-order valence-electron chi connectivity index (χ4n) is 4.64. The van der Waals surface area contributed by atoms with Gasteiger partial charge in [-0.1, -0.05) is 72.6 Å². The quantitative estimate of drug-likeness (QED) is 0.383. The topological polar surface area (TPSA) is 3.24 Å². The molecule has 0 aliphatic carbocycles. The summed E-state index contributed by atoms with van der Waals surface area (Å²) in [5.74, 6) is 0.969. The second-order valence-electron chi connectivity index (χ2n) is 7.63.